The normalized spacial score (nSPS) is 21.1. The molecule has 0 radical (unpaired) electrons. The zero-order chi connectivity index (χ0) is 27.1. The lowest BCUT2D eigenvalue weighted by Gasteiger charge is -2.49. The van der Waals surface area contributed by atoms with Crippen LogP contribution in [0.1, 0.15) is 18.5 Å². The van der Waals surface area contributed by atoms with Crippen LogP contribution >= 0.6 is 34.9 Å². The van der Waals surface area contributed by atoms with E-state index in [-0.39, 0.29) is 45.0 Å². The molecule has 2 amide bonds. The smallest absolute Gasteiger partial charge is 0.352 e. The van der Waals surface area contributed by atoms with Crippen LogP contribution in [0.25, 0.3) is 0 Å². The van der Waals surface area contributed by atoms with Crippen LogP contribution in [0.3, 0.4) is 0 Å². The molecule has 5 N–H and O–H groups in total. The Morgan fingerprint density at radius 2 is 2.13 bits per heavy atom. The van der Waals surface area contributed by atoms with E-state index in [1.54, 1.807) is 5.38 Å². The second-order valence-corrected chi connectivity index (χ2v) is 11.4. The molecule has 2 fully saturated rings. The van der Waals surface area contributed by atoms with Gasteiger partial charge in [0, 0.05) is 23.9 Å². The molecular formula is C20H20N8O7S3. The van der Waals surface area contributed by atoms with Crippen LogP contribution in [0.4, 0.5) is 5.13 Å². The minimum Gasteiger partial charge on any atom is -0.477 e. The van der Waals surface area contributed by atoms with Crippen molar-refractivity contribution in [2.45, 2.75) is 35.5 Å². The number of aliphatic carboxylic acids is 1. The van der Waals surface area contributed by atoms with Crippen molar-refractivity contribution in [3.8, 4) is 0 Å². The van der Waals surface area contributed by atoms with Gasteiger partial charge in [-0.2, -0.15) is 0 Å². The average Bonchev–Trinajstić information content (AvgIpc) is 3.63. The third kappa shape index (κ3) is 4.93. The van der Waals surface area contributed by atoms with Crippen molar-refractivity contribution >= 4 is 63.5 Å². The van der Waals surface area contributed by atoms with Crippen LogP contribution in [-0.2, 0) is 26.3 Å². The summed E-state index contributed by atoms with van der Waals surface area (Å²) in [5, 5.41) is 23.7. The Kier molecular flexibility index (Phi) is 7.01. The number of β-lactam (4-membered cyclic amide) rings is 1. The standard InChI is InChI=1S/C20H20N8O7S3/c1-27-16(32)14(30)24-25-20(27)38-5-7-4-36-17-11(15(31)28(17)12(7)18(33)34)23-13(29)10(26-35-8-2-3-8)9-6-37-19(21)22-9/h6,8,11,17H,2-5H2,1H3,(H2,21,22)(H,23,29)(H,24,30)(H,33,34)/b26-10+/t11-,17-/m1/s1. The number of carboxylic acid groups (broad SMARTS) is 1. The van der Waals surface area contributed by atoms with Crippen LogP contribution in [0.2, 0.25) is 0 Å². The Balaban J connectivity index is 1.32. The SMILES string of the molecule is Cn1c(SCC2=C(C(=O)O)N3C(=O)[C@@H](NC(=O)/C(=N/OC4CC4)c4csc(N)n4)[C@H]3SC2)n[nH]c(=O)c1=O. The molecule has 0 unspecified atom stereocenters. The van der Waals surface area contributed by atoms with E-state index >= 15 is 0 Å². The second kappa shape index (κ2) is 10.3. The van der Waals surface area contributed by atoms with E-state index in [1.165, 1.54) is 18.8 Å². The highest BCUT2D eigenvalue weighted by Gasteiger charge is 2.54. The summed E-state index contributed by atoms with van der Waals surface area (Å²) < 4.78 is 1.06. The molecule has 0 aromatic carbocycles. The number of thioether (sulfide) groups is 2. The molecule has 1 aliphatic carbocycles. The fraction of sp³-hybridized carbons (Fsp3) is 0.400. The van der Waals surface area contributed by atoms with Crippen LogP contribution in [0.5, 0.6) is 0 Å². The van der Waals surface area contributed by atoms with Crippen LogP contribution in [0.15, 0.2) is 36.6 Å². The summed E-state index contributed by atoms with van der Waals surface area (Å²) in [5.41, 5.74) is 4.35. The van der Waals surface area contributed by atoms with E-state index in [0.29, 0.717) is 5.57 Å². The predicted molar refractivity (Wildman–Crippen MR) is 138 cm³/mol. The Bertz CT molecular complexity index is 1510. The van der Waals surface area contributed by atoms with Gasteiger partial charge in [-0.15, -0.1) is 28.2 Å². The molecule has 1 saturated heterocycles. The number of nitrogen functional groups attached to an aromatic ring is 1. The number of H-pyrrole nitrogens is 1. The molecule has 3 aliphatic rings. The maximum absolute atomic E-state index is 13.1. The van der Waals surface area contributed by atoms with Crippen molar-refractivity contribution in [2.75, 3.05) is 17.2 Å². The third-order valence-corrected chi connectivity index (χ3v) is 8.88. The van der Waals surface area contributed by atoms with Gasteiger partial charge in [0.05, 0.1) is 0 Å². The number of amides is 2. The highest BCUT2D eigenvalue weighted by Crippen LogP contribution is 2.41. The van der Waals surface area contributed by atoms with E-state index in [4.69, 9.17) is 10.6 Å². The first kappa shape index (κ1) is 26.0. The van der Waals surface area contributed by atoms with Crippen molar-refractivity contribution in [2.24, 2.45) is 12.2 Å². The number of hydrogen-bond donors (Lipinski definition) is 4. The van der Waals surface area contributed by atoms with E-state index in [9.17, 15) is 29.1 Å². The molecular weight excluding hydrogens is 560 g/mol. The average molecular weight is 581 g/mol. The number of hydrogen-bond acceptors (Lipinski definition) is 13. The first-order valence-electron chi connectivity index (χ1n) is 11.1. The van der Waals surface area contributed by atoms with Gasteiger partial charge in [-0.1, -0.05) is 16.9 Å². The van der Waals surface area contributed by atoms with Crippen molar-refractivity contribution in [1.29, 1.82) is 0 Å². The second-order valence-electron chi connectivity index (χ2n) is 8.42. The van der Waals surface area contributed by atoms with Gasteiger partial charge in [0.25, 0.3) is 11.8 Å². The molecule has 4 heterocycles. The molecule has 0 spiro atoms. The maximum atomic E-state index is 13.1. The number of anilines is 1. The molecule has 1 saturated carbocycles. The van der Waals surface area contributed by atoms with Gasteiger partial charge < -0.3 is 21.0 Å². The summed E-state index contributed by atoms with van der Waals surface area (Å²) in [6.07, 6.45) is 1.58. The minimum atomic E-state index is -1.30. The maximum Gasteiger partial charge on any atom is 0.352 e. The van der Waals surface area contributed by atoms with Gasteiger partial charge in [-0.25, -0.2) is 14.9 Å². The number of nitrogens with zero attached hydrogens (tertiary/aromatic N) is 5. The van der Waals surface area contributed by atoms with Crippen molar-refractivity contribution in [3.63, 3.8) is 0 Å². The zero-order valence-corrected chi connectivity index (χ0v) is 22.0. The number of oxime groups is 1. The Hall–Kier alpha value is -3.64. The van der Waals surface area contributed by atoms with Gasteiger partial charge in [0.1, 0.15) is 28.9 Å². The molecule has 38 heavy (non-hydrogen) atoms. The lowest BCUT2D eigenvalue weighted by molar-refractivity contribution is -0.150. The number of carbonyl (C=O) groups is 3. The van der Waals surface area contributed by atoms with Crippen molar-refractivity contribution < 1.29 is 24.3 Å². The monoisotopic (exact) mass is 580 g/mol. The van der Waals surface area contributed by atoms with Gasteiger partial charge in [-0.3, -0.25) is 28.6 Å². The Morgan fingerprint density at radius 1 is 1.37 bits per heavy atom. The molecule has 2 aliphatic heterocycles. The number of nitrogens with one attached hydrogen (secondary N) is 2. The molecule has 15 nitrogen and oxygen atoms in total. The summed E-state index contributed by atoms with van der Waals surface area (Å²) in [6.45, 7) is 0. The number of nitrogens with two attached hydrogens (primary N) is 1. The zero-order valence-electron chi connectivity index (χ0n) is 19.6. The van der Waals surface area contributed by atoms with E-state index < -0.39 is 40.3 Å². The lowest BCUT2D eigenvalue weighted by atomic mass is 10.0. The van der Waals surface area contributed by atoms with Gasteiger partial charge in [0.2, 0.25) is 0 Å². The first-order valence-corrected chi connectivity index (χ1v) is 14.0. The summed E-state index contributed by atoms with van der Waals surface area (Å²) in [7, 11) is 1.38. The first-order chi connectivity index (χ1) is 18.2. The highest BCUT2D eigenvalue weighted by atomic mass is 32.2. The number of aromatic nitrogens is 4. The Labute approximate surface area is 225 Å². The third-order valence-electron chi connectivity index (χ3n) is 5.75. The molecule has 5 rings (SSSR count). The number of carboxylic acids is 1. The Morgan fingerprint density at radius 3 is 2.79 bits per heavy atom. The summed E-state index contributed by atoms with van der Waals surface area (Å²) in [6, 6.07) is -0.986. The van der Waals surface area contributed by atoms with E-state index in [2.05, 4.69) is 25.7 Å². The summed E-state index contributed by atoms with van der Waals surface area (Å²) in [5.74, 6) is -2.23. The number of carbonyl (C=O) groups excluding carboxylic acids is 2. The van der Waals surface area contributed by atoms with Crippen LogP contribution < -0.4 is 22.2 Å². The number of rotatable bonds is 9. The van der Waals surface area contributed by atoms with Gasteiger partial charge in [0.15, 0.2) is 16.0 Å². The van der Waals surface area contributed by atoms with Gasteiger partial charge >= 0.3 is 17.1 Å². The largest absolute Gasteiger partial charge is 0.477 e. The fourth-order valence-electron chi connectivity index (χ4n) is 3.65. The predicted octanol–water partition coefficient (Wildman–Crippen LogP) is -1.08. The number of fused-ring (bicyclic) bond motifs is 1. The fourth-order valence-corrected chi connectivity index (χ4v) is 6.60. The molecule has 2 atom stereocenters. The summed E-state index contributed by atoms with van der Waals surface area (Å²) >= 11 is 3.46. The molecule has 200 valence electrons. The molecule has 2 aromatic rings. The van der Waals surface area contributed by atoms with Crippen LogP contribution in [0, 0.1) is 0 Å². The number of thiazole rings is 1. The van der Waals surface area contributed by atoms with Crippen molar-refractivity contribution in [1.82, 2.24) is 30.0 Å². The highest BCUT2D eigenvalue weighted by molar-refractivity contribution is 8.01. The topological polar surface area (TPSA) is 215 Å². The van der Waals surface area contributed by atoms with Gasteiger partial charge in [-0.05, 0) is 18.4 Å². The molecule has 2 aromatic heterocycles. The van der Waals surface area contributed by atoms with Crippen LogP contribution in [-0.4, -0.2) is 82.3 Å². The minimum absolute atomic E-state index is 0.0724. The summed E-state index contributed by atoms with van der Waals surface area (Å²) in [4.78, 5) is 72.0. The number of aromatic amines is 1. The molecule has 18 heteroatoms. The van der Waals surface area contributed by atoms with E-state index in [0.717, 1.165) is 45.4 Å². The van der Waals surface area contributed by atoms with Crippen molar-refractivity contribution in [3.05, 3.63) is 43.1 Å². The van der Waals surface area contributed by atoms with E-state index in [1.807, 2.05) is 0 Å². The molecule has 0 bridgehead atoms. The quantitative estimate of drug-likeness (QED) is 0.0916. The lowest BCUT2D eigenvalue weighted by Crippen LogP contribution is -2.71.